The quantitative estimate of drug-likeness (QED) is 0.618. The van der Waals surface area contributed by atoms with E-state index >= 15 is 0 Å². The molecule has 0 aliphatic heterocycles. The molecule has 0 amide bonds. The molecule has 0 aromatic rings. The monoisotopic (exact) mass is 196 g/mol. The van der Waals surface area contributed by atoms with Crippen LogP contribution in [0.25, 0.3) is 0 Å². The molecule has 0 spiro atoms. The molecule has 0 fully saturated rings. The molecule has 0 bridgehead atoms. The zero-order chi connectivity index (χ0) is 10.6. The Balaban J connectivity index is 2.61. The molecule has 0 atom stereocenters. The molecule has 0 aromatic carbocycles. The van der Waals surface area contributed by atoms with Crippen molar-refractivity contribution in [3.05, 3.63) is 23.3 Å². The fourth-order valence-electron chi connectivity index (χ4n) is 1.23. The van der Waals surface area contributed by atoms with Crippen LogP contribution in [-0.2, 0) is 19.1 Å². The number of carbonyl (C=O) groups excluding carboxylic acids is 2. The summed E-state index contributed by atoms with van der Waals surface area (Å²) in [6.45, 7) is 0. The van der Waals surface area contributed by atoms with Crippen LogP contribution in [0.3, 0.4) is 0 Å². The molecule has 0 N–H and O–H groups in total. The van der Waals surface area contributed by atoms with E-state index in [1.165, 1.54) is 14.2 Å². The fraction of sp³-hybridized carbons (Fsp3) is 0.400. The highest BCUT2D eigenvalue weighted by atomic mass is 16.5. The van der Waals surface area contributed by atoms with Gasteiger partial charge < -0.3 is 9.47 Å². The van der Waals surface area contributed by atoms with Gasteiger partial charge in [0.1, 0.15) is 0 Å². The Bertz CT molecular complexity index is 280. The van der Waals surface area contributed by atoms with Crippen molar-refractivity contribution in [1.82, 2.24) is 0 Å². The van der Waals surface area contributed by atoms with E-state index in [1.807, 2.05) is 0 Å². The van der Waals surface area contributed by atoms with Crippen molar-refractivity contribution in [2.24, 2.45) is 0 Å². The molecule has 1 aliphatic carbocycles. The van der Waals surface area contributed by atoms with Crippen LogP contribution in [0.2, 0.25) is 0 Å². The minimum atomic E-state index is -0.342. The van der Waals surface area contributed by atoms with Gasteiger partial charge in [-0.2, -0.15) is 0 Å². The first-order chi connectivity index (χ1) is 6.69. The molecule has 1 rings (SSSR count). The minimum Gasteiger partial charge on any atom is -0.466 e. The van der Waals surface area contributed by atoms with Crippen LogP contribution in [0.1, 0.15) is 12.8 Å². The van der Waals surface area contributed by atoms with Gasteiger partial charge in [0.2, 0.25) is 0 Å². The number of rotatable bonds is 2. The summed E-state index contributed by atoms with van der Waals surface area (Å²) in [7, 11) is 2.67. The van der Waals surface area contributed by atoms with Gasteiger partial charge in [-0.1, -0.05) is 12.2 Å². The summed E-state index contributed by atoms with van der Waals surface area (Å²) in [5.41, 5.74) is 1.17. The van der Waals surface area contributed by atoms with Gasteiger partial charge in [0, 0.05) is 11.1 Å². The Hall–Kier alpha value is -1.58. The molecule has 14 heavy (non-hydrogen) atoms. The van der Waals surface area contributed by atoms with Crippen LogP contribution in [0.4, 0.5) is 0 Å². The van der Waals surface area contributed by atoms with Gasteiger partial charge in [-0.25, -0.2) is 9.59 Å². The Morgan fingerprint density at radius 2 is 1.36 bits per heavy atom. The highest BCUT2D eigenvalue weighted by Crippen LogP contribution is 2.18. The second kappa shape index (κ2) is 4.60. The highest BCUT2D eigenvalue weighted by Gasteiger charge is 2.16. The fourth-order valence-corrected chi connectivity index (χ4v) is 1.23. The second-order valence-electron chi connectivity index (χ2n) is 2.85. The molecular formula is C10H12O4. The van der Waals surface area contributed by atoms with Crippen molar-refractivity contribution >= 4 is 11.9 Å². The molecule has 4 heteroatoms. The van der Waals surface area contributed by atoms with Crippen LogP contribution in [0, 0.1) is 0 Å². The average molecular weight is 196 g/mol. The molecule has 0 saturated heterocycles. The van der Waals surface area contributed by atoms with E-state index in [4.69, 9.17) is 0 Å². The van der Waals surface area contributed by atoms with Gasteiger partial charge >= 0.3 is 11.9 Å². The number of methoxy groups -OCH3 is 2. The third-order valence-electron chi connectivity index (χ3n) is 2.03. The van der Waals surface area contributed by atoms with Crippen molar-refractivity contribution in [3.8, 4) is 0 Å². The van der Waals surface area contributed by atoms with Gasteiger partial charge in [0.05, 0.1) is 14.2 Å². The first-order valence-corrected chi connectivity index (χ1v) is 4.23. The minimum absolute atomic E-state index is 0.342. The number of carbonyl (C=O) groups is 2. The van der Waals surface area contributed by atoms with Crippen LogP contribution < -0.4 is 0 Å². The van der Waals surface area contributed by atoms with E-state index in [-0.39, 0.29) is 11.9 Å². The van der Waals surface area contributed by atoms with E-state index in [2.05, 4.69) is 9.47 Å². The number of allylic oxidation sites excluding steroid dienone is 2. The smallest absolute Gasteiger partial charge is 0.333 e. The topological polar surface area (TPSA) is 52.6 Å². The molecular weight excluding hydrogens is 184 g/mol. The Morgan fingerprint density at radius 1 is 1.00 bits per heavy atom. The lowest BCUT2D eigenvalue weighted by atomic mass is 9.99. The summed E-state index contributed by atoms with van der Waals surface area (Å²) in [5.74, 6) is -0.685. The van der Waals surface area contributed by atoms with E-state index in [0.717, 1.165) is 0 Å². The predicted octanol–water partition coefficient (Wildman–Crippen LogP) is 0.979. The van der Waals surface area contributed by atoms with Crippen molar-refractivity contribution in [2.75, 3.05) is 14.2 Å². The van der Waals surface area contributed by atoms with Gasteiger partial charge in [-0.05, 0) is 12.8 Å². The summed E-state index contributed by atoms with van der Waals surface area (Å²) in [4.78, 5) is 22.2. The summed E-state index contributed by atoms with van der Waals surface area (Å²) < 4.78 is 9.12. The molecule has 0 aromatic heterocycles. The van der Waals surface area contributed by atoms with Crippen LogP contribution in [0.15, 0.2) is 23.3 Å². The van der Waals surface area contributed by atoms with Crippen molar-refractivity contribution < 1.29 is 19.1 Å². The molecule has 0 radical (unpaired) electrons. The molecule has 0 unspecified atom stereocenters. The van der Waals surface area contributed by atoms with Crippen LogP contribution in [0.5, 0.6) is 0 Å². The number of esters is 2. The van der Waals surface area contributed by atoms with Gasteiger partial charge in [0.15, 0.2) is 0 Å². The number of ether oxygens (including phenoxy) is 2. The Labute approximate surface area is 82.2 Å². The van der Waals surface area contributed by atoms with Gasteiger partial charge in [-0.3, -0.25) is 0 Å². The van der Waals surface area contributed by atoms with E-state index in [1.54, 1.807) is 12.2 Å². The van der Waals surface area contributed by atoms with Crippen molar-refractivity contribution in [2.45, 2.75) is 12.8 Å². The van der Waals surface area contributed by atoms with E-state index < -0.39 is 0 Å². The lowest BCUT2D eigenvalue weighted by Crippen LogP contribution is -2.11. The zero-order valence-electron chi connectivity index (χ0n) is 8.20. The standard InChI is InChI=1S/C10H12O4/c1-13-9(11)7-3-5-8(6-4-7)10(12)14-2/h3,6H,4-5H2,1-2H3. The highest BCUT2D eigenvalue weighted by molar-refractivity contribution is 5.93. The maximum atomic E-state index is 11.1. The summed E-state index contributed by atoms with van der Waals surface area (Å²) in [5, 5.41) is 0. The lowest BCUT2D eigenvalue weighted by Gasteiger charge is -2.10. The number of hydrogen-bond donors (Lipinski definition) is 0. The Kier molecular flexibility index (Phi) is 3.45. The number of hydrogen-bond acceptors (Lipinski definition) is 4. The first kappa shape index (κ1) is 10.5. The third kappa shape index (κ3) is 2.22. The lowest BCUT2D eigenvalue weighted by molar-refractivity contribution is -0.137. The molecule has 1 aliphatic rings. The maximum absolute atomic E-state index is 11.1. The molecule has 76 valence electrons. The van der Waals surface area contributed by atoms with Gasteiger partial charge in [0.25, 0.3) is 0 Å². The maximum Gasteiger partial charge on any atom is 0.333 e. The van der Waals surface area contributed by atoms with Crippen molar-refractivity contribution in [1.29, 1.82) is 0 Å². The van der Waals surface area contributed by atoms with Crippen LogP contribution >= 0.6 is 0 Å². The zero-order valence-corrected chi connectivity index (χ0v) is 8.20. The van der Waals surface area contributed by atoms with Crippen molar-refractivity contribution in [3.63, 3.8) is 0 Å². The average Bonchev–Trinajstić information content (AvgIpc) is 2.27. The third-order valence-corrected chi connectivity index (χ3v) is 2.03. The predicted molar refractivity (Wildman–Crippen MR) is 49.4 cm³/mol. The second-order valence-corrected chi connectivity index (χ2v) is 2.85. The summed E-state index contributed by atoms with van der Waals surface area (Å²) in [6, 6.07) is 0. The largest absolute Gasteiger partial charge is 0.466 e. The van der Waals surface area contributed by atoms with E-state index in [9.17, 15) is 9.59 Å². The normalized spacial score (nSPS) is 15.3. The van der Waals surface area contributed by atoms with Crippen LogP contribution in [-0.4, -0.2) is 26.2 Å². The van der Waals surface area contributed by atoms with Gasteiger partial charge in [-0.15, -0.1) is 0 Å². The Morgan fingerprint density at radius 3 is 1.57 bits per heavy atom. The molecule has 0 heterocycles. The SMILES string of the molecule is COC(=O)C1=CCC(C(=O)OC)=CC1. The van der Waals surface area contributed by atoms with E-state index in [0.29, 0.717) is 24.0 Å². The summed E-state index contributed by atoms with van der Waals surface area (Å²) in [6.07, 6.45) is 4.24. The first-order valence-electron chi connectivity index (χ1n) is 4.23. The molecule has 0 saturated carbocycles. The summed E-state index contributed by atoms with van der Waals surface area (Å²) >= 11 is 0. The molecule has 4 nitrogen and oxygen atoms in total.